The standard InChI is InChI=1S/C14H16ClN5S2/c1-8(2)11(16)12-17-18-13-20(12)19-14(22-13)21-7-9-4-3-5-10(15)6-9/h3-6,8,11H,7,16H2,1-2H3/t11-/m0/s1. The molecule has 0 fully saturated rings. The van der Waals surface area contributed by atoms with Gasteiger partial charge in [0, 0.05) is 10.8 Å². The lowest BCUT2D eigenvalue weighted by Gasteiger charge is -2.11. The molecule has 2 heterocycles. The van der Waals surface area contributed by atoms with E-state index in [4.69, 9.17) is 17.3 Å². The van der Waals surface area contributed by atoms with Gasteiger partial charge in [-0.25, -0.2) is 0 Å². The Balaban J connectivity index is 1.78. The van der Waals surface area contributed by atoms with Crippen LogP contribution < -0.4 is 5.73 Å². The van der Waals surface area contributed by atoms with Gasteiger partial charge in [-0.1, -0.05) is 60.7 Å². The Labute approximate surface area is 141 Å². The summed E-state index contributed by atoms with van der Waals surface area (Å²) in [6.45, 7) is 4.12. The van der Waals surface area contributed by atoms with Crippen LogP contribution in [0.25, 0.3) is 4.96 Å². The Morgan fingerprint density at radius 1 is 1.36 bits per heavy atom. The van der Waals surface area contributed by atoms with E-state index in [9.17, 15) is 0 Å². The maximum absolute atomic E-state index is 6.16. The van der Waals surface area contributed by atoms with E-state index in [-0.39, 0.29) is 12.0 Å². The lowest BCUT2D eigenvalue weighted by molar-refractivity contribution is 0.479. The first-order valence-corrected chi connectivity index (χ1v) is 9.07. The molecule has 0 bridgehead atoms. The molecule has 0 aliphatic rings. The van der Waals surface area contributed by atoms with Crippen LogP contribution >= 0.6 is 34.7 Å². The maximum Gasteiger partial charge on any atom is 0.235 e. The van der Waals surface area contributed by atoms with Crippen molar-refractivity contribution >= 4 is 39.7 Å². The second kappa shape index (κ2) is 6.54. The van der Waals surface area contributed by atoms with Crippen molar-refractivity contribution in [3.05, 3.63) is 40.7 Å². The fourth-order valence-electron chi connectivity index (χ4n) is 1.95. The summed E-state index contributed by atoms with van der Waals surface area (Å²) in [5, 5.41) is 13.6. The lowest BCUT2D eigenvalue weighted by atomic mass is 10.1. The van der Waals surface area contributed by atoms with E-state index in [1.807, 2.05) is 18.2 Å². The number of thioether (sulfide) groups is 1. The lowest BCUT2D eigenvalue weighted by Crippen LogP contribution is -2.20. The van der Waals surface area contributed by atoms with Crippen LogP contribution in [-0.2, 0) is 5.75 Å². The molecule has 0 saturated carbocycles. The average Bonchev–Trinajstić information content (AvgIpc) is 3.04. The highest BCUT2D eigenvalue weighted by Gasteiger charge is 2.20. The smallest absolute Gasteiger partial charge is 0.235 e. The average molecular weight is 354 g/mol. The van der Waals surface area contributed by atoms with Gasteiger partial charge in [-0.3, -0.25) is 0 Å². The van der Waals surface area contributed by atoms with Crippen LogP contribution in [-0.4, -0.2) is 19.8 Å². The number of hydrogen-bond acceptors (Lipinski definition) is 6. The topological polar surface area (TPSA) is 69.1 Å². The molecule has 0 unspecified atom stereocenters. The molecule has 3 rings (SSSR count). The predicted octanol–water partition coefficient (Wildman–Crippen LogP) is 3.79. The van der Waals surface area contributed by atoms with Gasteiger partial charge in [-0.15, -0.1) is 15.3 Å². The third kappa shape index (κ3) is 3.27. The van der Waals surface area contributed by atoms with Crippen LogP contribution in [0.15, 0.2) is 28.6 Å². The van der Waals surface area contributed by atoms with Crippen LogP contribution in [0.5, 0.6) is 0 Å². The number of nitrogens with two attached hydrogens (primary N) is 1. The first-order chi connectivity index (χ1) is 10.5. The molecule has 5 nitrogen and oxygen atoms in total. The Hall–Kier alpha value is -1.15. The van der Waals surface area contributed by atoms with Gasteiger partial charge in [0.2, 0.25) is 4.96 Å². The molecule has 0 radical (unpaired) electrons. The van der Waals surface area contributed by atoms with Gasteiger partial charge >= 0.3 is 0 Å². The highest BCUT2D eigenvalue weighted by Crippen LogP contribution is 2.29. The predicted molar refractivity (Wildman–Crippen MR) is 91.4 cm³/mol. The van der Waals surface area contributed by atoms with Crippen molar-refractivity contribution in [2.75, 3.05) is 0 Å². The molecule has 0 spiro atoms. The number of fused-ring (bicyclic) bond motifs is 1. The summed E-state index contributed by atoms with van der Waals surface area (Å²) >= 11 is 9.18. The third-order valence-electron chi connectivity index (χ3n) is 3.26. The first-order valence-electron chi connectivity index (χ1n) is 6.89. The molecule has 22 heavy (non-hydrogen) atoms. The number of benzene rings is 1. The molecular weight excluding hydrogens is 338 g/mol. The summed E-state index contributed by atoms with van der Waals surface area (Å²) in [5.41, 5.74) is 7.33. The van der Waals surface area contributed by atoms with Crippen LogP contribution in [0.4, 0.5) is 0 Å². The number of halogens is 1. The highest BCUT2D eigenvalue weighted by molar-refractivity contribution is 8.00. The summed E-state index contributed by atoms with van der Waals surface area (Å²) < 4.78 is 2.71. The van der Waals surface area contributed by atoms with Gasteiger partial charge in [0.25, 0.3) is 0 Å². The second-order valence-electron chi connectivity index (χ2n) is 5.31. The zero-order chi connectivity index (χ0) is 15.7. The fraction of sp³-hybridized carbons (Fsp3) is 0.357. The van der Waals surface area contributed by atoms with Crippen molar-refractivity contribution in [1.82, 2.24) is 19.8 Å². The molecule has 0 saturated heterocycles. The van der Waals surface area contributed by atoms with Crippen LogP contribution in [0, 0.1) is 5.92 Å². The summed E-state index contributed by atoms with van der Waals surface area (Å²) in [5.74, 6) is 1.82. The summed E-state index contributed by atoms with van der Waals surface area (Å²) in [7, 11) is 0. The van der Waals surface area contributed by atoms with E-state index in [1.54, 1.807) is 16.3 Å². The summed E-state index contributed by atoms with van der Waals surface area (Å²) in [6, 6.07) is 7.69. The molecule has 1 atom stereocenters. The fourth-order valence-corrected chi connectivity index (χ4v) is 3.99. The van der Waals surface area contributed by atoms with Gasteiger partial charge in [-0.05, 0) is 23.6 Å². The van der Waals surface area contributed by atoms with Crippen LogP contribution in [0.3, 0.4) is 0 Å². The molecule has 8 heteroatoms. The molecule has 2 N–H and O–H groups in total. The minimum absolute atomic E-state index is 0.164. The van der Waals surface area contributed by atoms with Gasteiger partial charge in [0.05, 0.1) is 6.04 Å². The van der Waals surface area contributed by atoms with Gasteiger partial charge in [0.15, 0.2) is 10.2 Å². The minimum Gasteiger partial charge on any atom is -0.321 e. The molecular formula is C14H16ClN5S2. The number of rotatable bonds is 5. The van der Waals surface area contributed by atoms with E-state index in [0.29, 0.717) is 0 Å². The second-order valence-corrected chi connectivity index (χ2v) is 7.92. The first kappa shape index (κ1) is 15.7. The third-order valence-corrected chi connectivity index (χ3v) is 5.60. The minimum atomic E-state index is -0.164. The monoisotopic (exact) mass is 353 g/mol. The van der Waals surface area contributed by atoms with E-state index < -0.39 is 0 Å². The Kier molecular flexibility index (Phi) is 4.67. The Morgan fingerprint density at radius 2 is 2.18 bits per heavy atom. The zero-order valence-corrected chi connectivity index (χ0v) is 14.6. The van der Waals surface area contributed by atoms with Crippen molar-refractivity contribution in [2.45, 2.75) is 30.0 Å². The highest BCUT2D eigenvalue weighted by atomic mass is 35.5. The molecule has 3 aromatic rings. The SMILES string of the molecule is CC(C)[C@H](N)c1nnc2sc(SCc3cccc(Cl)c3)nn12. The number of hydrogen-bond donors (Lipinski definition) is 1. The summed E-state index contributed by atoms with van der Waals surface area (Å²) in [4.78, 5) is 0.777. The van der Waals surface area contributed by atoms with E-state index in [1.165, 1.54) is 16.9 Å². The zero-order valence-electron chi connectivity index (χ0n) is 12.2. The maximum atomic E-state index is 6.16. The van der Waals surface area contributed by atoms with Crippen molar-refractivity contribution in [1.29, 1.82) is 0 Å². The van der Waals surface area contributed by atoms with Crippen molar-refractivity contribution in [2.24, 2.45) is 11.7 Å². The van der Waals surface area contributed by atoms with E-state index >= 15 is 0 Å². The van der Waals surface area contributed by atoms with E-state index in [2.05, 4.69) is 35.2 Å². The Morgan fingerprint density at radius 3 is 2.91 bits per heavy atom. The molecule has 0 aliphatic heterocycles. The molecule has 2 aromatic heterocycles. The number of nitrogens with zero attached hydrogens (tertiary/aromatic N) is 4. The quantitative estimate of drug-likeness (QED) is 0.707. The van der Waals surface area contributed by atoms with Crippen molar-refractivity contribution < 1.29 is 0 Å². The van der Waals surface area contributed by atoms with Crippen LogP contribution in [0.1, 0.15) is 31.3 Å². The summed E-state index contributed by atoms with van der Waals surface area (Å²) in [6.07, 6.45) is 0. The van der Waals surface area contributed by atoms with Gasteiger partial charge < -0.3 is 5.73 Å². The van der Waals surface area contributed by atoms with Gasteiger partial charge in [-0.2, -0.15) is 4.52 Å². The number of aromatic nitrogens is 4. The van der Waals surface area contributed by atoms with Gasteiger partial charge in [0.1, 0.15) is 0 Å². The molecule has 0 aliphatic carbocycles. The van der Waals surface area contributed by atoms with Crippen LogP contribution in [0.2, 0.25) is 5.02 Å². The molecule has 0 amide bonds. The molecule has 1 aromatic carbocycles. The van der Waals surface area contributed by atoms with E-state index in [0.717, 1.165) is 25.9 Å². The van der Waals surface area contributed by atoms with Crippen molar-refractivity contribution in [3.8, 4) is 0 Å². The normalized spacial score (nSPS) is 13.1. The molecule has 116 valence electrons. The van der Waals surface area contributed by atoms with Crippen molar-refractivity contribution in [3.63, 3.8) is 0 Å². The largest absolute Gasteiger partial charge is 0.321 e. The Bertz CT molecular complexity index is 782.